The van der Waals surface area contributed by atoms with Crippen molar-refractivity contribution in [3.05, 3.63) is 23.9 Å². The first-order chi connectivity index (χ1) is 8.85. The predicted molar refractivity (Wildman–Crippen MR) is 70.1 cm³/mol. The summed E-state index contributed by atoms with van der Waals surface area (Å²) in [6, 6.07) is 3.47. The second-order valence-electron chi connectivity index (χ2n) is 4.53. The van der Waals surface area contributed by atoms with E-state index in [1.807, 2.05) is 6.92 Å². The lowest BCUT2D eigenvalue weighted by molar-refractivity contribution is -0.119. The molecule has 2 N–H and O–H groups in total. The lowest BCUT2D eigenvalue weighted by Gasteiger charge is -2.23. The maximum atomic E-state index is 12.4. The van der Waals surface area contributed by atoms with Crippen LogP contribution in [0.4, 0.5) is 19.0 Å². The number of hydrogen-bond acceptors (Lipinski definition) is 3. The summed E-state index contributed by atoms with van der Waals surface area (Å²) in [7, 11) is 0. The standard InChI is InChI=1S/C13H20F3N3/c1-3-11(17)7-10-5-6-12(18-8-10)19(4-2)9-13(14,15)16/h5-6,8,11H,3-4,7,9,17H2,1-2H3. The van der Waals surface area contributed by atoms with Gasteiger partial charge in [-0.25, -0.2) is 4.98 Å². The minimum atomic E-state index is -4.22. The average molecular weight is 275 g/mol. The van der Waals surface area contributed by atoms with Gasteiger partial charge in [-0.3, -0.25) is 0 Å². The largest absolute Gasteiger partial charge is 0.405 e. The Hall–Kier alpha value is -1.30. The molecule has 0 saturated carbocycles. The highest BCUT2D eigenvalue weighted by atomic mass is 19.4. The van der Waals surface area contributed by atoms with Crippen molar-refractivity contribution in [1.29, 1.82) is 0 Å². The van der Waals surface area contributed by atoms with E-state index in [-0.39, 0.29) is 12.6 Å². The van der Waals surface area contributed by atoms with Crippen LogP contribution >= 0.6 is 0 Å². The van der Waals surface area contributed by atoms with Crippen LogP contribution < -0.4 is 10.6 Å². The zero-order chi connectivity index (χ0) is 14.5. The van der Waals surface area contributed by atoms with E-state index in [9.17, 15) is 13.2 Å². The third-order valence-corrected chi connectivity index (χ3v) is 2.91. The highest BCUT2D eigenvalue weighted by molar-refractivity contribution is 5.39. The molecule has 1 rings (SSSR count). The molecular weight excluding hydrogens is 255 g/mol. The van der Waals surface area contributed by atoms with E-state index in [0.29, 0.717) is 12.2 Å². The van der Waals surface area contributed by atoms with E-state index in [1.165, 1.54) is 4.90 Å². The molecule has 1 heterocycles. The fraction of sp³-hybridized carbons (Fsp3) is 0.615. The number of anilines is 1. The fourth-order valence-electron chi connectivity index (χ4n) is 1.74. The van der Waals surface area contributed by atoms with Crippen LogP contribution in [-0.4, -0.2) is 30.3 Å². The molecule has 0 aromatic carbocycles. The Balaban J connectivity index is 2.73. The zero-order valence-corrected chi connectivity index (χ0v) is 11.2. The summed E-state index contributed by atoms with van der Waals surface area (Å²) in [6.45, 7) is 2.95. The Morgan fingerprint density at radius 2 is 2.00 bits per heavy atom. The third-order valence-electron chi connectivity index (χ3n) is 2.91. The van der Waals surface area contributed by atoms with E-state index in [1.54, 1.807) is 25.3 Å². The van der Waals surface area contributed by atoms with Gasteiger partial charge in [-0.05, 0) is 31.4 Å². The smallest absolute Gasteiger partial charge is 0.348 e. The molecule has 1 aromatic heterocycles. The van der Waals surface area contributed by atoms with E-state index >= 15 is 0 Å². The van der Waals surface area contributed by atoms with Gasteiger partial charge in [-0.15, -0.1) is 0 Å². The molecule has 0 aliphatic carbocycles. The number of alkyl halides is 3. The molecule has 19 heavy (non-hydrogen) atoms. The topological polar surface area (TPSA) is 42.1 Å². The second kappa shape index (κ2) is 6.75. The van der Waals surface area contributed by atoms with Gasteiger partial charge < -0.3 is 10.6 Å². The van der Waals surface area contributed by atoms with Crippen LogP contribution in [0.1, 0.15) is 25.8 Å². The van der Waals surface area contributed by atoms with Gasteiger partial charge in [0.25, 0.3) is 0 Å². The molecule has 0 aliphatic heterocycles. The molecule has 3 nitrogen and oxygen atoms in total. The van der Waals surface area contributed by atoms with Crippen LogP contribution in [0.15, 0.2) is 18.3 Å². The molecule has 0 amide bonds. The average Bonchev–Trinajstić information content (AvgIpc) is 2.35. The first-order valence-electron chi connectivity index (χ1n) is 6.38. The minimum Gasteiger partial charge on any atom is -0.348 e. The van der Waals surface area contributed by atoms with Crippen LogP contribution in [0.25, 0.3) is 0 Å². The van der Waals surface area contributed by atoms with Crippen molar-refractivity contribution in [3.8, 4) is 0 Å². The summed E-state index contributed by atoms with van der Waals surface area (Å²) in [6.07, 6.45) is -1.07. The summed E-state index contributed by atoms with van der Waals surface area (Å²) in [5.41, 5.74) is 6.77. The van der Waals surface area contributed by atoms with Crippen LogP contribution in [0.3, 0.4) is 0 Å². The highest BCUT2D eigenvalue weighted by Gasteiger charge is 2.30. The molecule has 0 radical (unpaired) electrons. The van der Waals surface area contributed by atoms with Gasteiger partial charge in [-0.2, -0.15) is 13.2 Å². The van der Waals surface area contributed by atoms with Crippen molar-refractivity contribution in [3.63, 3.8) is 0 Å². The number of nitrogens with two attached hydrogens (primary N) is 1. The van der Waals surface area contributed by atoms with Gasteiger partial charge in [0.1, 0.15) is 12.4 Å². The quantitative estimate of drug-likeness (QED) is 0.868. The highest BCUT2D eigenvalue weighted by Crippen LogP contribution is 2.20. The molecule has 0 aliphatic rings. The van der Waals surface area contributed by atoms with Crippen molar-refractivity contribution < 1.29 is 13.2 Å². The zero-order valence-electron chi connectivity index (χ0n) is 11.2. The number of pyridine rings is 1. The molecule has 1 unspecified atom stereocenters. The molecule has 1 atom stereocenters. The van der Waals surface area contributed by atoms with Crippen molar-refractivity contribution in [1.82, 2.24) is 4.98 Å². The van der Waals surface area contributed by atoms with Crippen LogP contribution in [0.2, 0.25) is 0 Å². The van der Waals surface area contributed by atoms with Crippen LogP contribution in [-0.2, 0) is 6.42 Å². The normalized spacial score (nSPS) is 13.4. The Kier molecular flexibility index (Phi) is 5.60. The number of rotatable bonds is 6. The molecule has 0 fully saturated rings. The van der Waals surface area contributed by atoms with Gasteiger partial charge in [-0.1, -0.05) is 13.0 Å². The van der Waals surface area contributed by atoms with Crippen molar-refractivity contribution in [2.75, 3.05) is 18.0 Å². The van der Waals surface area contributed by atoms with E-state index in [0.717, 1.165) is 12.0 Å². The summed E-state index contributed by atoms with van der Waals surface area (Å²) in [5, 5.41) is 0. The summed E-state index contributed by atoms with van der Waals surface area (Å²) < 4.78 is 37.2. The number of aromatic nitrogens is 1. The summed E-state index contributed by atoms with van der Waals surface area (Å²) in [5.74, 6) is 0.341. The van der Waals surface area contributed by atoms with Gasteiger partial charge in [0.15, 0.2) is 0 Å². The number of hydrogen-bond donors (Lipinski definition) is 1. The lowest BCUT2D eigenvalue weighted by Crippen LogP contribution is -2.34. The predicted octanol–water partition coefficient (Wildman–Crippen LogP) is 2.75. The molecular formula is C13H20F3N3. The Morgan fingerprint density at radius 1 is 1.32 bits per heavy atom. The monoisotopic (exact) mass is 275 g/mol. The lowest BCUT2D eigenvalue weighted by atomic mass is 10.1. The SMILES string of the molecule is CCC(N)Cc1ccc(N(CC)CC(F)(F)F)nc1. The second-order valence-corrected chi connectivity index (χ2v) is 4.53. The summed E-state index contributed by atoms with van der Waals surface area (Å²) >= 11 is 0. The van der Waals surface area contributed by atoms with Crippen molar-refractivity contribution in [2.45, 2.75) is 38.9 Å². The van der Waals surface area contributed by atoms with Crippen molar-refractivity contribution >= 4 is 5.82 Å². The maximum Gasteiger partial charge on any atom is 0.405 e. The number of halogens is 3. The first kappa shape index (κ1) is 15.8. The molecule has 1 aromatic rings. The molecule has 0 bridgehead atoms. The van der Waals surface area contributed by atoms with E-state index in [2.05, 4.69) is 4.98 Å². The van der Waals surface area contributed by atoms with Gasteiger partial charge in [0, 0.05) is 18.8 Å². The van der Waals surface area contributed by atoms with E-state index < -0.39 is 12.7 Å². The Morgan fingerprint density at radius 3 is 2.42 bits per heavy atom. The first-order valence-corrected chi connectivity index (χ1v) is 6.38. The Bertz CT molecular complexity index is 376. The van der Waals surface area contributed by atoms with Crippen LogP contribution in [0, 0.1) is 0 Å². The fourth-order valence-corrected chi connectivity index (χ4v) is 1.74. The van der Waals surface area contributed by atoms with Crippen LogP contribution in [0.5, 0.6) is 0 Å². The van der Waals surface area contributed by atoms with Gasteiger partial charge in [0.05, 0.1) is 0 Å². The third kappa shape index (κ3) is 5.46. The molecule has 108 valence electrons. The molecule has 6 heteroatoms. The summed E-state index contributed by atoms with van der Waals surface area (Å²) in [4.78, 5) is 5.29. The van der Waals surface area contributed by atoms with Gasteiger partial charge in [0.2, 0.25) is 0 Å². The Labute approximate surface area is 111 Å². The maximum absolute atomic E-state index is 12.4. The molecule has 0 saturated heterocycles. The van der Waals surface area contributed by atoms with E-state index in [4.69, 9.17) is 5.73 Å². The molecule has 0 spiro atoms. The van der Waals surface area contributed by atoms with Crippen molar-refractivity contribution in [2.24, 2.45) is 5.73 Å². The minimum absolute atomic E-state index is 0.0603. The van der Waals surface area contributed by atoms with Gasteiger partial charge >= 0.3 is 6.18 Å². The number of nitrogens with zero attached hydrogens (tertiary/aromatic N) is 2.